The molecular formula is C2H5N3O2. The van der Waals surface area contributed by atoms with Gasteiger partial charge in [0.15, 0.2) is 0 Å². The van der Waals surface area contributed by atoms with Crippen LogP contribution in [0.4, 0.5) is 4.79 Å². The van der Waals surface area contributed by atoms with Gasteiger partial charge in [0.1, 0.15) is 0 Å². The number of rotatable bonds is 0. The first-order valence-corrected chi connectivity index (χ1v) is 1.44. The molecule has 7 heavy (non-hydrogen) atoms. The monoisotopic (exact) mass is 103 g/mol. The SMILES string of the molecule is N=C(N)OC(N)=O. The van der Waals surface area contributed by atoms with Gasteiger partial charge >= 0.3 is 6.09 Å². The van der Waals surface area contributed by atoms with Gasteiger partial charge < -0.3 is 16.2 Å². The van der Waals surface area contributed by atoms with Crippen LogP contribution >= 0.6 is 0 Å². The molecule has 0 aromatic rings. The molecule has 0 aliphatic heterocycles. The molecule has 1 amide bonds. The van der Waals surface area contributed by atoms with Crippen LogP contribution in [0.3, 0.4) is 0 Å². The van der Waals surface area contributed by atoms with Crippen LogP contribution in [0.2, 0.25) is 0 Å². The third-order valence-electron chi connectivity index (χ3n) is 0.211. The van der Waals surface area contributed by atoms with Crippen molar-refractivity contribution in [3.8, 4) is 0 Å². The van der Waals surface area contributed by atoms with Gasteiger partial charge in [0.05, 0.1) is 0 Å². The number of carbonyl (C=O) groups is 1. The molecule has 5 N–H and O–H groups in total. The summed E-state index contributed by atoms with van der Waals surface area (Å²) in [5, 5.41) is 6.28. The molecule has 0 unspecified atom stereocenters. The van der Waals surface area contributed by atoms with Gasteiger partial charge in [-0.15, -0.1) is 0 Å². The molecule has 0 saturated carbocycles. The molecule has 0 aliphatic carbocycles. The highest BCUT2D eigenvalue weighted by Crippen LogP contribution is 1.65. The van der Waals surface area contributed by atoms with E-state index in [4.69, 9.17) is 5.41 Å². The Morgan fingerprint density at radius 3 is 2.00 bits per heavy atom. The van der Waals surface area contributed by atoms with Crippen LogP contribution in [-0.2, 0) is 4.74 Å². The molecule has 0 saturated heterocycles. The van der Waals surface area contributed by atoms with Gasteiger partial charge in [-0.1, -0.05) is 0 Å². The number of amidine groups is 1. The second-order valence-corrected chi connectivity index (χ2v) is 0.785. The summed E-state index contributed by atoms with van der Waals surface area (Å²) in [6.07, 6.45) is -1.06. The van der Waals surface area contributed by atoms with Gasteiger partial charge in [0, 0.05) is 0 Å². The molecule has 5 heteroatoms. The first-order chi connectivity index (χ1) is 3.13. The van der Waals surface area contributed by atoms with Crippen molar-refractivity contribution in [2.24, 2.45) is 11.5 Å². The van der Waals surface area contributed by atoms with E-state index < -0.39 is 12.1 Å². The first-order valence-electron chi connectivity index (χ1n) is 1.44. The fourth-order valence-corrected chi connectivity index (χ4v) is 0.108. The van der Waals surface area contributed by atoms with Gasteiger partial charge in [-0.3, -0.25) is 5.41 Å². The van der Waals surface area contributed by atoms with Gasteiger partial charge in [0.2, 0.25) is 0 Å². The molecule has 0 aliphatic rings. The van der Waals surface area contributed by atoms with Crippen molar-refractivity contribution >= 4 is 12.1 Å². The molecule has 0 rings (SSSR count). The molecule has 5 nitrogen and oxygen atoms in total. The number of ether oxygens (including phenoxy) is 1. The number of hydrogen-bond acceptors (Lipinski definition) is 3. The summed E-state index contributed by atoms with van der Waals surface area (Å²) in [7, 11) is 0. The van der Waals surface area contributed by atoms with Gasteiger partial charge in [0.25, 0.3) is 6.02 Å². The lowest BCUT2D eigenvalue weighted by Crippen LogP contribution is -2.23. The van der Waals surface area contributed by atoms with E-state index in [1.807, 2.05) is 0 Å². The Kier molecular flexibility index (Phi) is 1.65. The lowest BCUT2D eigenvalue weighted by atomic mass is 11.1. The highest BCUT2D eigenvalue weighted by atomic mass is 16.6. The maximum absolute atomic E-state index is 9.59. The van der Waals surface area contributed by atoms with E-state index in [2.05, 4.69) is 16.2 Å². The summed E-state index contributed by atoms with van der Waals surface area (Å²) in [6, 6.07) is -0.687. The molecule has 40 valence electrons. The fraction of sp³-hybridized carbons (Fsp3) is 0. The van der Waals surface area contributed by atoms with E-state index >= 15 is 0 Å². The standard InChI is InChI=1S/C2H5N3O2/c3-1(4)7-2(5)6/h(H3,3,4)(H2,5,6). The zero-order valence-electron chi connectivity index (χ0n) is 3.47. The topological polar surface area (TPSA) is 102 Å². The lowest BCUT2D eigenvalue weighted by Gasteiger charge is -1.90. The summed E-state index contributed by atoms with van der Waals surface area (Å²) in [4.78, 5) is 9.59. The minimum absolute atomic E-state index is 0.687. The summed E-state index contributed by atoms with van der Waals surface area (Å²) in [5.74, 6) is 0. The van der Waals surface area contributed by atoms with E-state index in [9.17, 15) is 4.79 Å². The van der Waals surface area contributed by atoms with E-state index in [0.29, 0.717) is 0 Å². The minimum atomic E-state index is -1.06. The minimum Gasteiger partial charge on any atom is -0.377 e. The molecule has 0 bridgehead atoms. The van der Waals surface area contributed by atoms with Crippen LogP contribution in [0.1, 0.15) is 0 Å². The maximum Gasteiger partial charge on any atom is 0.412 e. The predicted molar refractivity (Wildman–Crippen MR) is 22.6 cm³/mol. The van der Waals surface area contributed by atoms with Gasteiger partial charge in [-0.2, -0.15) is 0 Å². The second kappa shape index (κ2) is 2.01. The number of nitrogens with two attached hydrogens (primary N) is 2. The van der Waals surface area contributed by atoms with Crippen molar-refractivity contribution < 1.29 is 9.53 Å². The normalized spacial score (nSPS) is 7.43. The summed E-state index contributed by atoms with van der Waals surface area (Å²) < 4.78 is 3.75. The van der Waals surface area contributed by atoms with Crippen molar-refractivity contribution in [3.63, 3.8) is 0 Å². The van der Waals surface area contributed by atoms with Crippen molar-refractivity contribution in [2.45, 2.75) is 0 Å². The number of nitrogens with one attached hydrogen (secondary N) is 1. The Hall–Kier alpha value is -1.26. The molecular weight excluding hydrogens is 98.0 g/mol. The van der Waals surface area contributed by atoms with Crippen LogP contribution in [0.25, 0.3) is 0 Å². The lowest BCUT2D eigenvalue weighted by molar-refractivity contribution is 0.207. The fourth-order valence-electron chi connectivity index (χ4n) is 0.108. The largest absolute Gasteiger partial charge is 0.412 e. The van der Waals surface area contributed by atoms with Gasteiger partial charge in [-0.05, 0) is 0 Å². The number of amides is 1. The molecule has 0 aromatic heterocycles. The highest BCUT2D eigenvalue weighted by molar-refractivity contribution is 5.82. The van der Waals surface area contributed by atoms with Crippen LogP contribution in [0, 0.1) is 5.41 Å². The maximum atomic E-state index is 9.59. The number of carbonyl (C=O) groups excluding carboxylic acids is 1. The van der Waals surface area contributed by atoms with Crippen LogP contribution < -0.4 is 11.5 Å². The Labute approximate surface area is 39.7 Å². The average molecular weight is 103 g/mol. The second-order valence-electron chi connectivity index (χ2n) is 0.785. The molecule has 0 radical (unpaired) electrons. The molecule has 0 fully saturated rings. The first kappa shape index (κ1) is 5.74. The Morgan fingerprint density at radius 1 is 1.57 bits per heavy atom. The van der Waals surface area contributed by atoms with Crippen LogP contribution in [-0.4, -0.2) is 12.1 Å². The Balaban J connectivity index is 3.32. The highest BCUT2D eigenvalue weighted by Gasteiger charge is 1.91. The summed E-state index contributed by atoms with van der Waals surface area (Å²) in [5.41, 5.74) is 8.96. The summed E-state index contributed by atoms with van der Waals surface area (Å²) >= 11 is 0. The molecule has 0 aromatic carbocycles. The Bertz CT molecular complexity index is 87.1. The third-order valence-corrected chi connectivity index (χ3v) is 0.211. The van der Waals surface area contributed by atoms with Crippen LogP contribution in [0.15, 0.2) is 0 Å². The smallest absolute Gasteiger partial charge is 0.377 e. The predicted octanol–water partition coefficient (Wildman–Crippen LogP) is -1.02. The molecule has 0 spiro atoms. The van der Waals surface area contributed by atoms with E-state index in [0.717, 1.165) is 0 Å². The average Bonchev–Trinajstić information content (AvgIpc) is 1.27. The zero-order valence-corrected chi connectivity index (χ0v) is 3.47. The third kappa shape index (κ3) is 4.74. The van der Waals surface area contributed by atoms with Crippen molar-refractivity contribution in [2.75, 3.05) is 0 Å². The van der Waals surface area contributed by atoms with Crippen LogP contribution in [0.5, 0.6) is 0 Å². The molecule has 0 atom stereocenters. The Morgan fingerprint density at radius 2 is 2.00 bits per heavy atom. The van der Waals surface area contributed by atoms with E-state index in [1.54, 1.807) is 0 Å². The zero-order chi connectivity index (χ0) is 5.86. The van der Waals surface area contributed by atoms with Crippen molar-refractivity contribution in [1.29, 1.82) is 5.41 Å². The quantitative estimate of drug-likeness (QED) is 0.270. The number of hydrogen-bond donors (Lipinski definition) is 3. The summed E-state index contributed by atoms with van der Waals surface area (Å²) in [6.45, 7) is 0. The van der Waals surface area contributed by atoms with Crippen molar-refractivity contribution in [3.05, 3.63) is 0 Å². The van der Waals surface area contributed by atoms with E-state index in [-0.39, 0.29) is 0 Å². The molecule has 0 heterocycles. The number of primary amides is 1. The van der Waals surface area contributed by atoms with E-state index in [1.165, 1.54) is 0 Å². The van der Waals surface area contributed by atoms with Crippen molar-refractivity contribution in [1.82, 2.24) is 0 Å². The van der Waals surface area contributed by atoms with Gasteiger partial charge in [-0.25, -0.2) is 4.79 Å².